The molecule has 1 aromatic carbocycles. The van der Waals surface area contributed by atoms with Crippen molar-refractivity contribution < 1.29 is 13.6 Å². The Morgan fingerprint density at radius 3 is 2.57 bits per heavy atom. The predicted molar refractivity (Wildman–Crippen MR) is 79.6 cm³/mol. The number of amides is 1. The number of aromatic amines is 1. The van der Waals surface area contributed by atoms with Gasteiger partial charge in [-0.2, -0.15) is 0 Å². The van der Waals surface area contributed by atoms with Crippen LogP contribution in [0.3, 0.4) is 0 Å². The number of rotatable bonds is 2. The molecule has 114 valence electrons. The summed E-state index contributed by atoms with van der Waals surface area (Å²) >= 11 is 5.13. The molecule has 0 fully saturated rings. The highest BCUT2D eigenvalue weighted by Crippen LogP contribution is 2.24. The molecule has 4 nitrogen and oxygen atoms in total. The lowest BCUT2D eigenvalue weighted by Gasteiger charge is -2.24. The molecule has 2 aromatic rings. The SMILES string of the molecule is CC(C(=O)NC(C)(C)C)n1c(=S)[nH]c2ccc(F)c(F)c21. The molecular weight excluding hydrogens is 296 g/mol. The summed E-state index contributed by atoms with van der Waals surface area (Å²) in [6.45, 7) is 7.11. The third-order valence-corrected chi connectivity index (χ3v) is 3.33. The van der Waals surface area contributed by atoms with E-state index >= 15 is 0 Å². The van der Waals surface area contributed by atoms with Crippen molar-refractivity contribution in [2.24, 2.45) is 0 Å². The summed E-state index contributed by atoms with van der Waals surface area (Å²) in [5.74, 6) is -2.31. The molecule has 0 bridgehead atoms. The maximum atomic E-state index is 14.0. The van der Waals surface area contributed by atoms with Crippen LogP contribution in [-0.2, 0) is 4.79 Å². The maximum Gasteiger partial charge on any atom is 0.243 e. The minimum Gasteiger partial charge on any atom is -0.350 e. The summed E-state index contributed by atoms with van der Waals surface area (Å²) in [5.41, 5.74) is -0.102. The molecule has 2 N–H and O–H groups in total. The van der Waals surface area contributed by atoms with Crippen LogP contribution in [0.5, 0.6) is 0 Å². The second kappa shape index (κ2) is 5.22. The Morgan fingerprint density at radius 2 is 2.00 bits per heavy atom. The van der Waals surface area contributed by atoms with Crippen molar-refractivity contribution in [3.8, 4) is 0 Å². The van der Waals surface area contributed by atoms with Gasteiger partial charge in [0.15, 0.2) is 16.4 Å². The Morgan fingerprint density at radius 1 is 1.38 bits per heavy atom. The van der Waals surface area contributed by atoms with Crippen molar-refractivity contribution >= 4 is 29.2 Å². The smallest absolute Gasteiger partial charge is 0.243 e. The van der Waals surface area contributed by atoms with E-state index < -0.39 is 23.2 Å². The molecule has 1 heterocycles. The maximum absolute atomic E-state index is 14.0. The molecule has 1 aromatic heterocycles. The third kappa shape index (κ3) is 2.97. The Hall–Kier alpha value is -1.76. The average molecular weight is 313 g/mol. The molecule has 1 atom stereocenters. The molecule has 1 unspecified atom stereocenters. The van der Waals surface area contributed by atoms with Crippen LogP contribution in [0, 0.1) is 16.4 Å². The molecule has 0 saturated carbocycles. The number of carbonyl (C=O) groups is 1. The highest BCUT2D eigenvalue weighted by Gasteiger charge is 2.24. The number of hydrogen-bond acceptors (Lipinski definition) is 2. The molecular formula is C14H17F2N3OS. The van der Waals surface area contributed by atoms with Gasteiger partial charge in [0, 0.05) is 5.54 Å². The number of nitrogens with one attached hydrogen (secondary N) is 2. The number of hydrogen-bond donors (Lipinski definition) is 2. The summed E-state index contributed by atoms with van der Waals surface area (Å²) in [6.07, 6.45) is 0. The van der Waals surface area contributed by atoms with Crippen LogP contribution < -0.4 is 5.32 Å². The second-order valence-electron chi connectivity index (χ2n) is 5.97. The lowest BCUT2D eigenvalue weighted by atomic mass is 10.1. The van der Waals surface area contributed by atoms with Crippen LogP contribution in [0.15, 0.2) is 12.1 Å². The summed E-state index contributed by atoms with van der Waals surface area (Å²) < 4.78 is 28.9. The Kier molecular flexibility index (Phi) is 3.88. The molecule has 0 saturated heterocycles. The summed E-state index contributed by atoms with van der Waals surface area (Å²) in [7, 11) is 0. The van der Waals surface area contributed by atoms with Gasteiger partial charge >= 0.3 is 0 Å². The molecule has 0 radical (unpaired) electrons. The Bertz CT molecular complexity index is 758. The van der Waals surface area contributed by atoms with Gasteiger partial charge in [0.05, 0.1) is 5.52 Å². The van der Waals surface area contributed by atoms with E-state index in [0.717, 1.165) is 6.07 Å². The van der Waals surface area contributed by atoms with E-state index in [1.807, 2.05) is 20.8 Å². The van der Waals surface area contributed by atoms with E-state index in [-0.39, 0.29) is 16.2 Å². The first-order valence-corrected chi connectivity index (χ1v) is 6.93. The fourth-order valence-corrected chi connectivity index (χ4v) is 2.47. The van der Waals surface area contributed by atoms with E-state index in [4.69, 9.17) is 12.2 Å². The van der Waals surface area contributed by atoms with Crippen molar-refractivity contribution in [3.63, 3.8) is 0 Å². The number of nitrogens with zero attached hydrogens (tertiary/aromatic N) is 1. The van der Waals surface area contributed by atoms with Gasteiger partial charge < -0.3 is 14.9 Å². The van der Waals surface area contributed by atoms with Crippen LogP contribution in [0.4, 0.5) is 8.78 Å². The van der Waals surface area contributed by atoms with Gasteiger partial charge in [-0.15, -0.1) is 0 Å². The zero-order valence-corrected chi connectivity index (χ0v) is 13.1. The number of fused-ring (bicyclic) bond motifs is 1. The molecule has 0 aliphatic rings. The van der Waals surface area contributed by atoms with E-state index in [9.17, 15) is 13.6 Å². The van der Waals surface area contributed by atoms with Crippen LogP contribution in [0.2, 0.25) is 0 Å². The summed E-state index contributed by atoms with van der Waals surface area (Å²) in [6, 6.07) is 1.66. The zero-order valence-electron chi connectivity index (χ0n) is 12.3. The van der Waals surface area contributed by atoms with Crippen molar-refractivity contribution in [3.05, 3.63) is 28.5 Å². The molecule has 0 spiro atoms. The zero-order chi connectivity index (χ0) is 15.9. The monoisotopic (exact) mass is 313 g/mol. The molecule has 7 heteroatoms. The van der Waals surface area contributed by atoms with Gasteiger partial charge in [-0.25, -0.2) is 8.78 Å². The van der Waals surface area contributed by atoms with E-state index in [2.05, 4.69) is 10.3 Å². The predicted octanol–water partition coefficient (Wildman–Crippen LogP) is 3.45. The molecule has 1 amide bonds. The van der Waals surface area contributed by atoms with Gasteiger partial charge in [0.1, 0.15) is 11.6 Å². The molecule has 0 aliphatic heterocycles. The van der Waals surface area contributed by atoms with Crippen molar-refractivity contribution in [2.75, 3.05) is 0 Å². The summed E-state index contributed by atoms with van der Waals surface area (Å²) in [4.78, 5) is 15.0. The lowest BCUT2D eigenvalue weighted by molar-refractivity contribution is -0.125. The van der Waals surface area contributed by atoms with Crippen LogP contribution in [-0.4, -0.2) is 21.0 Å². The van der Waals surface area contributed by atoms with Crippen molar-refractivity contribution in [1.29, 1.82) is 0 Å². The molecule has 2 rings (SSSR count). The minimum atomic E-state index is -1.02. The van der Waals surface area contributed by atoms with Crippen LogP contribution in [0.25, 0.3) is 11.0 Å². The van der Waals surface area contributed by atoms with Crippen LogP contribution in [0.1, 0.15) is 33.7 Å². The highest BCUT2D eigenvalue weighted by molar-refractivity contribution is 7.71. The quantitative estimate of drug-likeness (QED) is 0.834. The standard InChI is InChI=1S/C14H17F2N3OS/c1-7(12(20)18-14(2,3)4)19-11-9(17-13(19)21)6-5-8(15)10(11)16/h5-7H,1-4H3,(H,17,21)(H,18,20). The first-order chi connectivity index (χ1) is 9.61. The molecule has 0 aliphatic carbocycles. The van der Waals surface area contributed by atoms with Gasteiger partial charge in [0.25, 0.3) is 0 Å². The normalized spacial score (nSPS) is 13.4. The number of aromatic nitrogens is 2. The Balaban J connectivity index is 2.56. The number of halogens is 2. The molecule has 21 heavy (non-hydrogen) atoms. The lowest BCUT2D eigenvalue weighted by Crippen LogP contribution is -2.43. The van der Waals surface area contributed by atoms with Gasteiger partial charge in [0.2, 0.25) is 5.91 Å². The van der Waals surface area contributed by atoms with Gasteiger partial charge in [-0.1, -0.05) is 0 Å². The van der Waals surface area contributed by atoms with Crippen LogP contribution >= 0.6 is 12.2 Å². The van der Waals surface area contributed by atoms with Gasteiger partial charge in [-0.3, -0.25) is 4.79 Å². The summed E-state index contributed by atoms with van der Waals surface area (Å²) in [5, 5.41) is 2.80. The third-order valence-electron chi connectivity index (χ3n) is 3.04. The van der Waals surface area contributed by atoms with Crippen molar-refractivity contribution in [2.45, 2.75) is 39.3 Å². The largest absolute Gasteiger partial charge is 0.350 e. The van der Waals surface area contributed by atoms with E-state index in [1.165, 1.54) is 10.6 Å². The topological polar surface area (TPSA) is 49.8 Å². The highest BCUT2D eigenvalue weighted by atomic mass is 32.1. The fourth-order valence-electron chi connectivity index (χ4n) is 2.11. The van der Waals surface area contributed by atoms with E-state index in [0.29, 0.717) is 5.52 Å². The minimum absolute atomic E-state index is 0.0310. The number of imidazole rings is 1. The number of benzene rings is 1. The first kappa shape index (κ1) is 15.6. The Labute approximate surface area is 126 Å². The fraction of sp³-hybridized carbons (Fsp3) is 0.429. The first-order valence-electron chi connectivity index (χ1n) is 6.52. The van der Waals surface area contributed by atoms with E-state index in [1.54, 1.807) is 6.92 Å². The average Bonchev–Trinajstić information content (AvgIpc) is 2.68. The van der Waals surface area contributed by atoms with Crippen molar-refractivity contribution in [1.82, 2.24) is 14.9 Å². The van der Waals surface area contributed by atoms with Gasteiger partial charge in [-0.05, 0) is 52.0 Å². The second-order valence-corrected chi connectivity index (χ2v) is 6.36. The number of H-pyrrole nitrogens is 1. The number of carbonyl (C=O) groups excluding carboxylic acids is 1.